The van der Waals surface area contributed by atoms with Crippen molar-refractivity contribution in [2.75, 3.05) is 33.4 Å². The number of carbonyl (C=O) groups excluding carboxylic acids is 2. The summed E-state index contributed by atoms with van der Waals surface area (Å²) in [5, 5.41) is 12.0. The van der Waals surface area contributed by atoms with Crippen LogP contribution < -0.4 is 15.8 Å². The summed E-state index contributed by atoms with van der Waals surface area (Å²) in [4.78, 5) is 28.7. The molecule has 1 saturated carbocycles. The van der Waals surface area contributed by atoms with Crippen LogP contribution in [0, 0.1) is 23.2 Å². The first-order valence-corrected chi connectivity index (χ1v) is 12.4. The average Bonchev–Trinajstić information content (AvgIpc) is 3.24. The molecule has 3 fully saturated rings. The van der Waals surface area contributed by atoms with E-state index < -0.39 is 12.2 Å². The minimum absolute atomic E-state index is 0.110. The van der Waals surface area contributed by atoms with Crippen LogP contribution in [-0.4, -0.2) is 73.8 Å². The van der Waals surface area contributed by atoms with Gasteiger partial charge in [0, 0.05) is 26.7 Å². The summed E-state index contributed by atoms with van der Waals surface area (Å²) >= 11 is 0. The molecule has 2 bridgehead atoms. The van der Waals surface area contributed by atoms with Gasteiger partial charge in [0.25, 0.3) is 0 Å². The molecule has 190 valence electrons. The second-order valence-electron chi connectivity index (χ2n) is 9.73. The number of nitrogens with one attached hydrogen (secondary N) is 1. The maximum absolute atomic E-state index is 13.1. The maximum Gasteiger partial charge on any atom is 0.404 e. The van der Waals surface area contributed by atoms with Crippen LogP contribution in [-0.2, 0) is 9.47 Å². The van der Waals surface area contributed by atoms with Crippen molar-refractivity contribution >= 4 is 12.1 Å². The number of likely N-dealkylation sites (tertiary alicyclic amines) is 1. The highest BCUT2D eigenvalue weighted by Gasteiger charge is 2.44. The summed E-state index contributed by atoms with van der Waals surface area (Å²) in [5.41, 5.74) is 5.90. The lowest BCUT2D eigenvalue weighted by Crippen LogP contribution is -2.60. The van der Waals surface area contributed by atoms with Crippen LogP contribution in [0.25, 0.3) is 0 Å². The number of piperidine rings is 1. The van der Waals surface area contributed by atoms with Crippen molar-refractivity contribution in [1.82, 2.24) is 15.1 Å². The van der Waals surface area contributed by atoms with Crippen molar-refractivity contribution in [2.24, 2.45) is 17.6 Å². The lowest BCUT2D eigenvalue weighted by atomic mass is 9.94. The Morgan fingerprint density at radius 2 is 2.09 bits per heavy atom. The van der Waals surface area contributed by atoms with Gasteiger partial charge in [-0.3, -0.25) is 4.90 Å². The third-order valence-corrected chi connectivity index (χ3v) is 7.19. The summed E-state index contributed by atoms with van der Waals surface area (Å²) in [6.45, 7) is 1.99. The molecule has 5 atom stereocenters. The number of hydrogen-bond donors (Lipinski definition) is 2. The largest absolute Gasteiger partial charge is 0.490 e. The summed E-state index contributed by atoms with van der Waals surface area (Å²) < 4.78 is 16.9. The van der Waals surface area contributed by atoms with E-state index in [9.17, 15) is 9.59 Å². The summed E-state index contributed by atoms with van der Waals surface area (Å²) in [6.07, 6.45) is 4.31. The highest BCUT2D eigenvalue weighted by Crippen LogP contribution is 2.41. The highest BCUT2D eigenvalue weighted by atomic mass is 16.6. The van der Waals surface area contributed by atoms with E-state index in [2.05, 4.69) is 16.3 Å². The Morgan fingerprint density at radius 3 is 2.77 bits per heavy atom. The number of ether oxygens (including phenoxy) is 3. The van der Waals surface area contributed by atoms with Gasteiger partial charge in [-0.05, 0) is 74.6 Å². The fraction of sp³-hybridized carbons (Fsp3) is 0.640. The van der Waals surface area contributed by atoms with Crippen LogP contribution >= 0.6 is 0 Å². The standard InChI is InChI=1S/C25H35N5O5/c1-29(25(32)28-22-4-2-3-11-33-22)23-19-8-5-18(12-19)14-30(23)15-21(35-24(27)31)16-34-20-9-6-17(13-26)7-10-20/h6-7,9-10,18-19,21-23H,2-5,8,11-12,14-16H2,1H3,(H2,27,31)(H,28,32)/t18?,19?,21-,22?,23?/m0/s1. The molecule has 2 saturated heterocycles. The van der Waals surface area contributed by atoms with Gasteiger partial charge in [-0.1, -0.05) is 0 Å². The Balaban J connectivity index is 1.42. The van der Waals surface area contributed by atoms with Crippen LogP contribution in [0.3, 0.4) is 0 Å². The lowest BCUT2D eigenvalue weighted by Gasteiger charge is -2.45. The molecule has 3 N–H and O–H groups in total. The zero-order chi connectivity index (χ0) is 24.8. The van der Waals surface area contributed by atoms with Crippen molar-refractivity contribution in [3.05, 3.63) is 29.8 Å². The number of fused-ring (bicyclic) bond motifs is 2. The maximum atomic E-state index is 13.1. The highest BCUT2D eigenvalue weighted by molar-refractivity contribution is 5.74. The average molecular weight is 486 g/mol. The Morgan fingerprint density at radius 1 is 1.29 bits per heavy atom. The minimum Gasteiger partial charge on any atom is -0.490 e. The van der Waals surface area contributed by atoms with E-state index in [1.54, 1.807) is 29.2 Å². The monoisotopic (exact) mass is 485 g/mol. The fourth-order valence-electron chi connectivity index (χ4n) is 5.61. The number of nitrogens with zero attached hydrogens (tertiary/aromatic N) is 3. The number of urea groups is 1. The smallest absolute Gasteiger partial charge is 0.404 e. The van der Waals surface area contributed by atoms with Crippen molar-refractivity contribution in [3.8, 4) is 11.8 Å². The van der Waals surface area contributed by atoms with Crippen LogP contribution in [0.4, 0.5) is 9.59 Å². The predicted molar refractivity (Wildman–Crippen MR) is 127 cm³/mol. The first-order chi connectivity index (χ1) is 16.9. The van der Waals surface area contributed by atoms with Crippen molar-refractivity contribution in [3.63, 3.8) is 0 Å². The van der Waals surface area contributed by atoms with Crippen LogP contribution in [0.15, 0.2) is 24.3 Å². The Labute approximate surface area is 206 Å². The zero-order valence-electron chi connectivity index (χ0n) is 20.2. The number of carbonyl (C=O) groups is 2. The van der Waals surface area contributed by atoms with E-state index in [4.69, 9.17) is 25.2 Å². The number of benzene rings is 1. The molecule has 0 spiro atoms. The molecule has 10 heteroatoms. The zero-order valence-corrected chi connectivity index (χ0v) is 20.2. The number of hydrogen-bond acceptors (Lipinski definition) is 7. The molecule has 4 rings (SSSR count). The Kier molecular flexibility index (Phi) is 8.31. The van der Waals surface area contributed by atoms with Crippen molar-refractivity contribution in [2.45, 2.75) is 57.0 Å². The molecule has 0 radical (unpaired) electrons. The summed E-state index contributed by atoms with van der Waals surface area (Å²) in [6, 6.07) is 8.66. The molecule has 2 heterocycles. The molecule has 10 nitrogen and oxygen atoms in total. The second kappa shape index (κ2) is 11.6. The molecule has 4 unspecified atom stereocenters. The third-order valence-electron chi connectivity index (χ3n) is 7.19. The van der Waals surface area contributed by atoms with E-state index in [-0.39, 0.29) is 25.0 Å². The fourth-order valence-corrected chi connectivity index (χ4v) is 5.61. The van der Waals surface area contributed by atoms with Gasteiger partial charge in [-0.25, -0.2) is 9.59 Å². The molecule has 3 amide bonds. The van der Waals surface area contributed by atoms with Crippen LogP contribution in [0.5, 0.6) is 5.75 Å². The number of amides is 3. The Bertz CT molecular complexity index is 914. The van der Waals surface area contributed by atoms with E-state index in [0.29, 0.717) is 36.3 Å². The summed E-state index contributed by atoms with van der Waals surface area (Å²) in [5.74, 6) is 1.48. The first-order valence-electron chi connectivity index (χ1n) is 12.4. The number of rotatable bonds is 8. The number of primary amides is 1. The van der Waals surface area contributed by atoms with Crippen LogP contribution in [0.2, 0.25) is 0 Å². The molecule has 1 aromatic rings. The Hall–Kier alpha value is -3.03. The molecule has 0 aromatic heterocycles. The van der Waals surface area contributed by atoms with E-state index in [1.807, 2.05) is 7.05 Å². The third kappa shape index (κ3) is 6.55. The first kappa shape index (κ1) is 25.1. The molecular weight excluding hydrogens is 450 g/mol. The van der Waals surface area contributed by atoms with Gasteiger partial charge in [0.05, 0.1) is 17.8 Å². The van der Waals surface area contributed by atoms with E-state index >= 15 is 0 Å². The normalized spacial score (nSPS) is 26.9. The SMILES string of the molecule is CN(C(=O)NC1CCCCO1)C1C2CCC(C2)CN1C[C@@H](COc1ccc(C#N)cc1)OC(N)=O. The topological polar surface area (TPSA) is 130 Å². The number of nitriles is 1. The predicted octanol–water partition coefficient (Wildman–Crippen LogP) is 2.63. The van der Waals surface area contributed by atoms with Gasteiger partial charge in [-0.2, -0.15) is 5.26 Å². The molecule has 35 heavy (non-hydrogen) atoms. The van der Waals surface area contributed by atoms with Gasteiger partial charge in [0.1, 0.15) is 18.6 Å². The number of nitrogens with two attached hydrogens (primary N) is 1. The molecular formula is C25H35N5O5. The molecule has 1 aromatic carbocycles. The molecule has 2 aliphatic heterocycles. The summed E-state index contributed by atoms with van der Waals surface area (Å²) in [7, 11) is 1.83. The van der Waals surface area contributed by atoms with Crippen LogP contribution in [0.1, 0.15) is 44.1 Å². The molecule has 1 aliphatic carbocycles. The van der Waals surface area contributed by atoms with Gasteiger partial charge >= 0.3 is 12.1 Å². The second-order valence-corrected chi connectivity index (χ2v) is 9.73. The van der Waals surface area contributed by atoms with E-state index in [1.165, 1.54) is 0 Å². The minimum atomic E-state index is -0.865. The van der Waals surface area contributed by atoms with Gasteiger partial charge in [0.15, 0.2) is 6.10 Å². The van der Waals surface area contributed by atoms with E-state index in [0.717, 1.165) is 45.1 Å². The van der Waals surface area contributed by atoms with Crippen molar-refractivity contribution < 1.29 is 23.8 Å². The molecule has 3 aliphatic rings. The van der Waals surface area contributed by atoms with Gasteiger partial charge < -0.3 is 30.2 Å². The lowest BCUT2D eigenvalue weighted by molar-refractivity contribution is -0.0376. The van der Waals surface area contributed by atoms with Gasteiger partial charge in [-0.15, -0.1) is 0 Å². The van der Waals surface area contributed by atoms with Gasteiger partial charge in [0.2, 0.25) is 0 Å². The van der Waals surface area contributed by atoms with Crippen molar-refractivity contribution in [1.29, 1.82) is 5.26 Å². The quantitative estimate of drug-likeness (QED) is 0.579.